The number of nitrogens with zero attached hydrogens (tertiary/aromatic N) is 3. The second kappa shape index (κ2) is 10.7. The van der Waals surface area contributed by atoms with Crippen molar-refractivity contribution in [2.75, 3.05) is 44.6 Å². The molecule has 4 aliphatic rings. The maximum atomic E-state index is 13.8. The highest BCUT2D eigenvalue weighted by Gasteiger charge is 2.45. The first-order valence-electron chi connectivity index (χ1n) is 14.4. The van der Waals surface area contributed by atoms with Crippen molar-refractivity contribution in [3.63, 3.8) is 0 Å². The number of carbonyl (C=O) groups excluding carboxylic acids is 2. The van der Waals surface area contributed by atoms with Gasteiger partial charge in [0.05, 0.1) is 6.10 Å². The van der Waals surface area contributed by atoms with Gasteiger partial charge in [-0.3, -0.25) is 14.5 Å². The number of nitrogens with one attached hydrogen (secondary N) is 1. The molecule has 202 valence electrons. The number of hydrogen-bond acceptors (Lipinski definition) is 5. The number of benzene rings is 2. The zero-order chi connectivity index (χ0) is 26.1. The van der Waals surface area contributed by atoms with E-state index in [1.807, 2.05) is 15.9 Å². The Morgan fingerprint density at radius 2 is 1.79 bits per heavy atom. The van der Waals surface area contributed by atoms with E-state index >= 15 is 0 Å². The molecule has 1 spiro atoms. The molecule has 0 aromatic heterocycles. The summed E-state index contributed by atoms with van der Waals surface area (Å²) < 4.78 is 0. The van der Waals surface area contributed by atoms with Crippen LogP contribution in [0.3, 0.4) is 0 Å². The topological polar surface area (TPSA) is 76.1 Å². The van der Waals surface area contributed by atoms with Crippen LogP contribution in [0.2, 0.25) is 0 Å². The van der Waals surface area contributed by atoms with E-state index in [1.54, 1.807) is 0 Å². The Bertz CT molecular complexity index is 1170. The monoisotopic (exact) mass is 516 g/mol. The lowest BCUT2D eigenvalue weighted by Crippen LogP contribution is -2.52. The number of fused-ring (bicyclic) bond motifs is 3. The largest absolute Gasteiger partial charge is 0.390 e. The van der Waals surface area contributed by atoms with Crippen LogP contribution in [0.1, 0.15) is 65.6 Å². The van der Waals surface area contributed by atoms with Crippen LogP contribution >= 0.6 is 0 Å². The summed E-state index contributed by atoms with van der Waals surface area (Å²) in [5, 5.41) is 14.8. The maximum absolute atomic E-state index is 13.8. The predicted octanol–water partition coefficient (Wildman–Crippen LogP) is 3.41. The molecule has 0 radical (unpaired) electrons. The molecular formula is C31H40N4O3. The number of anilines is 1. The van der Waals surface area contributed by atoms with Gasteiger partial charge in [-0.25, -0.2) is 0 Å². The predicted molar refractivity (Wildman–Crippen MR) is 148 cm³/mol. The molecule has 2 aromatic rings. The molecule has 2 fully saturated rings. The molecule has 1 aliphatic carbocycles. The molecule has 1 saturated carbocycles. The van der Waals surface area contributed by atoms with E-state index in [1.165, 1.54) is 29.5 Å². The quantitative estimate of drug-likeness (QED) is 0.552. The average Bonchev–Trinajstić information content (AvgIpc) is 3.41. The van der Waals surface area contributed by atoms with Crippen molar-refractivity contribution in [1.29, 1.82) is 0 Å². The van der Waals surface area contributed by atoms with Crippen LogP contribution < -0.4 is 5.32 Å². The highest BCUT2D eigenvalue weighted by molar-refractivity contribution is 5.98. The fourth-order valence-electron chi connectivity index (χ4n) is 7.30. The second-order valence-electron chi connectivity index (χ2n) is 11.9. The Morgan fingerprint density at radius 3 is 2.55 bits per heavy atom. The number of rotatable bonds is 7. The average molecular weight is 517 g/mol. The molecule has 2 amide bonds. The minimum absolute atomic E-state index is 0.000851. The summed E-state index contributed by atoms with van der Waals surface area (Å²) in [6.07, 6.45) is 7.75. The number of amides is 2. The molecule has 7 nitrogen and oxygen atoms in total. The van der Waals surface area contributed by atoms with Crippen LogP contribution in [-0.4, -0.2) is 83.5 Å². The SMILES string of the molecule is O=CN1CCC(Nc2ccc3c(c2)C(=O)N(CC(O)CN2CCc4ccccc4C2)CC32CCCC2)CC1. The van der Waals surface area contributed by atoms with Gasteiger partial charge in [-0.15, -0.1) is 0 Å². The van der Waals surface area contributed by atoms with Gasteiger partial charge in [0, 0.05) is 68.5 Å². The third kappa shape index (κ3) is 5.06. The molecule has 0 bridgehead atoms. The number of β-amino-alcohol motifs (C(OH)–C–C–N with tert-alkyl or cyclic N) is 1. The molecule has 1 atom stereocenters. The van der Waals surface area contributed by atoms with Crippen molar-refractivity contribution < 1.29 is 14.7 Å². The molecule has 1 unspecified atom stereocenters. The Labute approximate surface area is 225 Å². The zero-order valence-corrected chi connectivity index (χ0v) is 22.3. The standard InChI is InChI=1S/C31H40N4O3/c36-22-33-15-10-25(11-16-33)32-26-7-8-29-28(17-26)30(38)35(21-31(29)12-3-4-13-31)20-27(37)19-34-14-9-23-5-1-2-6-24(23)18-34/h1-2,5-8,17,22,25,27,32,37H,3-4,9-16,18-21H2. The van der Waals surface area contributed by atoms with Crippen molar-refractivity contribution in [3.8, 4) is 0 Å². The molecule has 1 saturated heterocycles. The minimum Gasteiger partial charge on any atom is -0.390 e. The third-order valence-corrected chi connectivity index (χ3v) is 9.32. The molecule has 7 heteroatoms. The van der Waals surface area contributed by atoms with Gasteiger partial charge in [0.1, 0.15) is 0 Å². The smallest absolute Gasteiger partial charge is 0.254 e. The highest BCUT2D eigenvalue weighted by Crippen LogP contribution is 2.46. The zero-order valence-electron chi connectivity index (χ0n) is 22.3. The number of aliphatic hydroxyl groups is 1. The van der Waals surface area contributed by atoms with Crippen LogP contribution in [0.25, 0.3) is 0 Å². The molecule has 2 N–H and O–H groups in total. The lowest BCUT2D eigenvalue weighted by molar-refractivity contribution is -0.118. The molecule has 38 heavy (non-hydrogen) atoms. The Balaban J connectivity index is 1.16. The van der Waals surface area contributed by atoms with Gasteiger partial charge in [0.15, 0.2) is 0 Å². The highest BCUT2D eigenvalue weighted by atomic mass is 16.3. The van der Waals surface area contributed by atoms with Gasteiger partial charge >= 0.3 is 0 Å². The van der Waals surface area contributed by atoms with Crippen LogP contribution in [0.15, 0.2) is 42.5 Å². The maximum Gasteiger partial charge on any atom is 0.254 e. The number of hydrogen-bond donors (Lipinski definition) is 2. The van der Waals surface area contributed by atoms with Gasteiger partial charge in [-0.2, -0.15) is 0 Å². The summed E-state index contributed by atoms with van der Waals surface area (Å²) >= 11 is 0. The lowest BCUT2D eigenvalue weighted by Gasteiger charge is -2.43. The molecule has 2 aromatic carbocycles. The Morgan fingerprint density at radius 1 is 1.03 bits per heavy atom. The van der Waals surface area contributed by atoms with Crippen molar-refractivity contribution >= 4 is 18.0 Å². The van der Waals surface area contributed by atoms with Gasteiger partial charge < -0.3 is 20.2 Å². The second-order valence-corrected chi connectivity index (χ2v) is 11.9. The lowest BCUT2D eigenvalue weighted by atomic mass is 9.73. The molecule has 3 heterocycles. The van der Waals surface area contributed by atoms with E-state index in [-0.39, 0.29) is 11.3 Å². The summed E-state index contributed by atoms with van der Waals surface area (Å²) in [4.78, 5) is 30.9. The fourth-order valence-corrected chi connectivity index (χ4v) is 7.30. The van der Waals surface area contributed by atoms with Gasteiger partial charge in [0.2, 0.25) is 6.41 Å². The summed E-state index contributed by atoms with van der Waals surface area (Å²) in [6.45, 7) is 4.99. The van der Waals surface area contributed by atoms with E-state index in [0.717, 1.165) is 75.9 Å². The van der Waals surface area contributed by atoms with E-state index in [2.05, 4.69) is 46.6 Å². The van der Waals surface area contributed by atoms with Crippen molar-refractivity contribution in [2.24, 2.45) is 0 Å². The summed E-state index contributed by atoms with van der Waals surface area (Å²) in [5.41, 5.74) is 5.72. The minimum atomic E-state index is -0.575. The van der Waals surface area contributed by atoms with Crippen molar-refractivity contribution in [3.05, 3.63) is 64.7 Å². The van der Waals surface area contributed by atoms with Gasteiger partial charge in [-0.05, 0) is 60.9 Å². The molecular weight excluding hydrogens is 476 g/mol. The summed E-state index contributed by atoms with van der Waals surface area (Å²) in [7, 11) is 0. The normalized spacial score (nSPS) is 22.3. The van der Waals surface area contributed by atoms with E-state index in [0.29, 0.717) is 25.7 Å². The van der Waals surface area contributed by atoms with Crippen molar-refractivity contribution in [1.82, 2.24) is 14.7 Å². The van der Waals surface area contributed by atoms with Crippen LogP contribution in [0, 0.1) is 0 Å². The number of aliphatic hydroxyl groups excluding tert-OH is 1. The first kappa shape index (κ1) is 25.4. The van der Waals surface area contributed by atoms with Crippen LogP contribution in [0.5, 0.6) is 0 Å². The number of likely N-dealkylation sites (tertiary alicyclic amines) is 1. The van der Waals surface area contributed by atoms with Crippen LogP contribution in [0.4, 0.5) is 5.69 Å². The molecule has 3 aliphatic heterocycles. The van der Waals surface area contributed by atoms with E-state index < -0.39 is 6.10 Å². The first-order chi connectivity index (χ1) is 18.5. The number of carbonyl (C=O) groups is 2. The summed E-state index contributed by atoms with van der Waals surface area (Å²) in [6, 6.07) is 15.2. The molecule has 6 rings (SSSR count). The number of piperidine rings is 1. The third-order valence-electron chi connectivity index (χ3n) is 9.32. The Hall–Kier alpha value is -2.90. The van der Waals surface area contributed by atoms with E-state index in [9.17, 15) is 14.7 Å². The van der Waals surface area contributed by atoms with Crippen LogP contribution in [-0.2, 0) is 23.2 Å². The van der Waals surface area contributed by atoms with Gasteiger partial charge in [0.25, 0.3) is 5.91 Å². The summed E-state index contributed by atoms with van der Waals surface area (Å²) in [5.74, 6) is 0.0417. The van der Waals surface area contributed by atoms with E-state index in [4.69, 9.17) is 0 Å². The first-order valence-corrected chi connectivity index (χ1v) is 14.4. The van der Waals surface area contributed by atoms with Crippen molar-refractivity contribution in [2.45, 2.75) is 69.1 Å². The van der Waals surface area contributed by atoms with Gasteiger partial charge in [-0.1, -0.05) is 43.2 Å². The Kier molecular flexibility index (Phi) is 7.14. The fraction of sp³-hybridized carbons (Fsp3) is 0.548.